The molecule has 0 unspecified atom stereocenters. The Kier molecular flexibility index (Phi) is 4.36. The maximum absolute atomic E-state index is 13.9. The maximum Gasteiger partial charge on any atom is 0.229 e. The van der Waals surface area contributed by atoms with Crippen LogP contribution in [-0.4, -0.2) is 24.0 Å². The van der Waals surface area contributed by atoms with E-state index in [1.807, 2.05) is 35.2 Å². The monoisotopic (exact) mass is 355 g/mol. The van der Waals surface area contributed by atoms with Gasteiger partial charge in [0.1, 0.15) is 5.82 Å². The number of amides is 1. The van der Waals surface area contributed by atoms with E-state index in [-0.39, 0.29) is 17.6 Å². The molecule has 6 heteroatoms. The van der Waals surface area contributed by atoms with E-state index in [4.69, 9.17) is 0 Å². The predicted octanol–water partition coefficient (Wildman–Crippen LogP) is 4.29. The lowest BCUT2D eigenvalue weighted by atomic mass is 9.95. The molecule has 0 radical (unpaired) electrons. The van der Waals surface area contributed by atoms with Gasteiger partial charge in [0.05, 0.1) is 15.9 Å². The van der Waals surface area contributed by atoms with Crippen molar-refractivity contribution < 1.29 is 9.18 Å². The summed E-state index contributed by atoms with van der Waals surface area (Å²) in [6.45, 7) is 1.36. The minimum atomic E-state index is -0.208. The third-order valence-electron chi connectivity index (χ3n) is 4.58. The zero-order chi connectivity index (χ0) is 17.2. The number of rotatable bonds is 3. The van der Waals surface area contributed by atoms with Gasteiger partial charge in [0.15, 0.2) is 5.13 Å². The second-order valence-corrected chi connectivity index (χ2v) is 7.22. The second kappa shape index (κ2) is 6.80. The highest BCUT2D eigenvalue weighted by molar-refractivity contribution is 7.22. The molecule has 0 aliphatic carbocycles. The molecule has 128 valence electrons. The molecule has 4 rings (SSSR count). The first-order valence-corrected chi connectivity index (χ1v) is 9.18. The summed E-state index contributed by atoms with van der Waals surface area (Å²) in [7, 11) is 0. The average Bonchev–Trinajstić information content (AvgIpc) is 3.04. The molecular weight excluding hydrogens is 337 g/mol. The van der Waals surface area contributed by atoms with Crippen molar-refractivity contribution in [1.82, 2.24) is 4.98 Å². The fourth-order valence-electron chi connectivity index (χ4n) is 3.22. The van der Waals surface area contributed by atoms with Crippen molar-refractivity contribution in [3.05, 3.63) is 54.3 Å². The predicted molar refractivity (Wildman–Crippen MR) is 99.6 cm³/mol. The third kappa shape index (κ3) is 3.35. The second-order valence-electron chi connectivity index (χ2n) is 6.19. The van der Waals surface area contributed by atoms with E-state index >= 15 is 0 Å². The minimum absolute atomic E-state index is 0.00670. The minimum Gasteiger partial charge on any atom is -0.369 e. The number of hydrogen-bond acceptors (Lipinski definition) is 4. The number of carbonyl (C=O) groups excluding carboxylic acids is 1. The Morgan fingerprint density at radius 3 is 2.60 bits per heavy atom. The first-order chi connectivity index (χ1) is 12.2. The molecule has 1 amide bonds. The van der Waals surface area contributed by atoms with Crippen LogP contribution in [0.1, 0.15) is 12.8 Å². The third-order valence-corrected chi connectivity index (χ3v) is 5.53. The smallest absolute Gasteiger partial charge is 0.229 e. The number of anilines is 2. The Hall–Kier alpha value is -2.47. The molecule has 1 N–H and O–H groups in total. The number of piperidine rings is 1. The van der Waals surface area contributed by atoms with Gasteiger partial charge in [0.25, 0.3) is 0 Å². The Morgan fingerprint density at radius 2 is 1.84 bits per heavy atom. The molecule has 25 heavy (non-hydrogen) atoms. The lowest BCUT2D eigenvalue weighted by Gasteiger charge is -2.33. The number of nitrogens with zero attached hydrogens (tertiary/aromatic N) is 2. The molecule has 1 aliphatic heterocycles. The van der Waals surface area contributed by atoms with E-state index in [1.54, 1.807) is 12.1 Å². The van der Waals surface area contributed by atoms with Crippen LogP contribution in [0.2, 0.25) is 0 Å². The summed E-state index contributed by atoms with van der Waals surface area (Å²) in [6, 6.07) is 14.6. The molecule has 3 aromatic rings. The highest BCUT2D eigenvalue weighted by Crippen LogP contribution is 2.28. The van der Waals surface area contributed by atoms with Crippen molar-refractivity contribution in [2.45, 2.75) is 12.8 Å². The lowest BCUT2D eigenvalue weighted by molar-refractivity contribution is -0.120. The van der Waals surface area contributed by atoms with Crippen LogP contribution < -0.4 is 10.2 Å². The summed E-state index contributed by atoms with van der Waals surface area (Å²) in [5.74, 6) is -0.262. The van der Waals surface area contributed by atoms with Gasteiger partial charge in [-0.3, -0.25) is 4.79 Å². The maximum atomic E-state index is 13.9. The molecule has 0 atom stereocenters. The largest absolute Gasteiger partial charge is 0.369 e. The molecule has 1 aromatic heterocycles. The van der Waals surface area contributed by atoms with Gasteiger partial charge < -0.3 is 10.2 Å². The summed E-state index contributed by atoms with van der Waals surface area (Å²) in [4.78, 5) is 19.0. The standard InChI is InChI=1S/C19H18FN3OS/c20-14-5-1-3-7-16(14)23-11-9-13(10-12-23)18(24)22-19-21-15-6-2-4-8-17(15)25-19/h1-8,13H,9-12H2,(H,21,22,24). The molecule has 0 saturated carbocycles. The fourth-order valence-corrected chi connectivity index (χ4v) is 4.09. The topological polar surface area (TPSA) is 45.2 Å². The van der Waals surface area contributed by atoms with Crippen LogP contribution >= 0.6 is 11.3 Å². The number of para-hydroxylation sites is 2. The van der Waals surface area contributed by atoms with Crippen molar-refractivity contribution in [3.63, 3.8) is 0 Å². The van der Waals surface area contributed by atoms with Crippen molar-refractivity contribution in [2.75, 3.05) is 23.3 Å². The first-order valence-electron chi connectivity index (χ1n) is 8.36. The summed E-state index contributed by atoms with van der Waals surface area (Å²) < 4.78 is 15.0. The van der Waals surface area contributed by atoms with Crippen LogP contribution in [0.4, 0.5) is 15.2 Å². The van der Waals surface area contributed by atoms with E-state index in [0.717, 1.165) is 10.2 Å². The Labute approximate surface area is 149 Å². The van der Waals surface area contributed by atoms with E-state index in [0.29, 0.717) is 36.8 Å². The number of thiazole rings is 1. The summed E-state index contributed by atoms with van der Waals surface area (Å²) in [5, 5.41) is 3.58. The Morgan fingerprint density at radius 1 is 1.12 bits per heavy atom. The highest BCUT2D eigenvalue weighted by Gasteiger charge is 2.26. The molecule has 1 aliphatic rings. The number of nitrogens with one attached hydrogen (secondary N) is 1. The molecular formula is C19H18FN3OS. The van der Waals surface area contributed by atoms with Gasteiger partial charge in [-0.05, 0) is 37.1 Å². The Bertz CT molecular complexity index is 869. The molecule has 2 aromatic carbocycles. The first kappa shape index (κ1) is 16.0. The van der Waals surface area contributed by atoms with Gasteiger partial charge in [-0.1, -0.05) is 35.6 Å². The molecule has 1 saturated heterocycles. The summed E-state index contributed by atoms with van der Waals surface area (Å²) in [5.41, 5.74) is 1.52. The molecule has 2 heterocycles. The quantitative estimate of drug-likeness (QED) is 0.762. The fraction of sp³-hybridized carbons (Fsp3) is 0.263. The van der Waals surface area contributed by atoms with Crippen LogP contribution in [0.25, 0.3) is 10.2 Å². The number of halogens is 1. The number of carbonyl (C=O) groups is 1. The zero-order valence-electron chi connectivity index (χ0n) is 13.6. The number of hydrogen-bond donors (Lipinski definition) is 1. The molecule has 4 nitrogen and oxygen atoms in total. The van der Waals surface area contributed by atoms with E-state index in [9.17, 15) is 9.18 Å². The van der Waals surface area contributed by atoms with Gasteiger partial charge in [0.2, 0.25) is 5.91 Å². The zero-order valence-corrected chi connectivity index (χ0v) is 14.4. The van der Waals surface area contributed by atoms with E-state index < -0.39 is 0 Å². The van der Waals surface area contributed by atoms with Crippen LogP contribution in [0.5, 0.6) is 0 Å². The van der Waals surface area contributed by atoms with Gasteiger partial charge >= 0.3 is 0 Å². The molecule has 0 bridgehead atoms. The Balaban J connectivity index is 1.39. The van der Waals surface area contributed by atoms with Crippen molar-refractivity contribution in [1.29, 1.82) is 0 Å². The van der Waals surface area contributed by atoms with Crippen LogP contribution in [0, 0.1) is 11.7 Å². The summed E-state index contributed by atoms with van der Waals surface area (Å²) >= 11 is 1.49. The van der Waals surface area contributed by atoms with Gasteiger partial charge in [0, 0.05) is 19.0 Å². The number of aromatic nitrogens is 1. The van der Waals surface area contributed by atoms with E-state index in [1.165, 1.54) is 17.4 Å². The van der Waals surface area contributed by atoms with Crippen LogP contribution in [-0.2, 0) is 4.79 Å². The molecule has 1 fully saturated rings. The number of fused-ring (bicyclic) bond motifs is 1. The van der Waals surface area contributed by atoms with Crippen LogP contribution in [0.3, 0.4) is 0 Å². The lowest BCUT2D eigenvalue weighted by Crippen LogP contribution is -2.38. The highest BCUT2D eigenvalue weighted by atomic mass is 32.1. The molecule has 0 spiro atoms. The van der Waals surface area contributed by atoms with Gasteiger partial charge in [-0.25, -0.2) is 9.37 Å². The van der Waals surface area contributed by atoms with Crippen LogP contribution in [0.15, 0.2) is 48.5 Å². The van der Waals surface area contributed by atoms with E-state index in [2.05, 4.69) is 10.3 Å². The number of benzene rings is 2. The van der Waals surface area contributed by atoms with Gasteiger partial charge in [-0.2, -0.15) is 0 Å². The van der Waals surface area contributed by atoms with Crippen molar-refractivity contribution in [3.8, 4) is 0 Å². The van der Waals surface area contributed by atoms with Gasteiger partial charge in [-0.15, -0.1) is 0 Å². The van der Waals surface area contributed by atoms with Crippen molar-refractivity contribution >= 4 is 38.3 Å². The normalized spacial score (nSPS) is 15.5. The SMILES string of the molecule is O=C(Nc1nc2ccccc2s1)C1CCN(c2ccccc2F)CC1. The van der Waals surface area contributed by atoms with Crippen molar-refractivity contribution in [2.24, 2.45) is 5.92 Å². The average molecular weight is 355 g/mol. The summed E-state index contributed by atoms with van der Waals surface area (Å²) in [6.07, 6.45) is 1.43.